The smallest absolute Gasteiger partial charge is 0.309 e. The highest BCUT2D eigenvalue weighted by Gasteiger charge is 2.34. The molecular weight excluding hydrogens is 370 g/mol. The van der Waals surface area contributed by atoms with Crippen molar-refractivity contribution in [2.24, 2.45) is 4.99 Å². The molecule has 5 rings (SSSR count). The number of carbonyl (C=O) groups is 1. The Bertz CT molecular complexity index is 1110. The van der Waals surface area contributed by atoms with Crippen LogP contribution in [0.25, 0.3) is 10.8 Å². The summed E-state index contributed by atoms with van der Waals surface area (Å²) >= 11 is 1.80. The second kappa shape index (κ2) is 6.95. The van der Waals surface area contributed by atoms with Crippen LogP contribution in [-0.2, 0) is 24.2 Å². The van der Waals surface area contributed by atoms with Crippen LogP contribution >= 0.6 is 11.8 Å². The zero-order valence-corrected chi connectivity index (χ0v) is 16.0. The van der Waals surface area contributed by atoms with Crippen LogP contribution in [-0.4, -0.2) is 37.9 Å². The average Bonchev–Trinajstić information content (AvgIpc) is 3.08. The van der Waals surface area contributed by atoms with Gasteiger partial charge in [-0.15, -0.1) is 0 Å². The van der Waals surface area contributed by atoms with E-state index in [0.29, 0.717) is 11.7 Å². The summed E-state index contributed by atoms with van der Waals surface area (Å²) in [5.74, 6) is 0.167. The van der Waals surface area contributed by atoms with Crippen LogP contribution in [0.4, 0.5) is 5.69 Å². The summed E-state index contributed by atoms with van der Waals surface area (Å²) in [4.78, 5) is 22.7. The van der Waals surface area contributed by atoms with E-state index >= 15 is 0 Å². The second-order valence-corrected chi connectivity index (χ2v) is 8.19. The predicted octanol–water partition coefficient (Wildman–Crippen LogP) is 4.02. The first-order valence-corrected chi connectivity index (χ1v) is 10.3. The molecule has 5 nitrogen and oxygen atoms in total. The quantitative estimate of drug-likeness (QED) is 0.733. The highest BCUT2D eigenvalue weighted by molar-refractivity contribution is 8.14. The van der Waals surface area contributed by atoms with E-state index in [1.54, 1.807) is 18.0 Å². The Morgan fingerprint density at radius 1 is 1.21 bits per heavy atom. The van der Waals surface area contributed by atoms with Gasteiger partial charge in [-0.25, -0.2) is 4.99 Å². The van der Waals surface area contributed by atoms with Crippen molar-refractivity contribution < 1.29 is 9.90 Å². The lowest BCUT2D eigenvalue weighted by molar-refractivity contribution is -0.136. The van der Waals surface area contributed by atoms with Crippen LogP contribution in [0.15, 0.2) is 59.7 Å². The van der Waals surface area contributed by atoms with E-state index in [-0.39, 0.29) is 6.42 Å². The summed E-state index contributed by atoms with van der Waals surface area (Å²) in [7, 11) is 0. The number of hydrogen-bond acceptors (Lipinski definition) is 4. The number of hydrogen-bond donors (Lipinski definition) is 1. The molecule has 1 aromatic heterocycles. The Morgan fingerprint density at radius 2 is 2.07 bits per heavy atom. The number of aromatic nitrogens is 1. The summed E-state index contributed by atoms with van der Waals surface area (Å²) in [6.07, 6.45) is 2.71. The molecule has 0 amide bonds. The van der Waals surface area contributed by atoms with E-state index in [2.05, 4.69) is 34.1 Å². The number of rotatable bonds is 3. The molecule has 0 aliphatic carbocycles. The fourth-order valence-corrected chi connectivity index (χ4v) is 5.14. The first-order valence-electron chi connectivity index (χ1n) is 9.32. The van der Waals surface area contributed by atoms with E-state index in [1.807, 2.05) is 24.3 Å². The molecule has 2 aliphatic rings. The highest BCUT2D eigenvalue weighted by Crippen LogP contribution is 2.36. The van der Waals surface area contributed by atoms with Crippen molar-refractivity contribution in [3.63, 3.8) is 0 Å². The maximum atomic E-state index is 11.0. The number of benzene rings is 2. The first-order chi connectivity index (χ1) is 13.7. The van der Waals surface area contributed by atoms with E-state index in [1.165, 1.54) is 11.1 Å². The van der Waals surface area contributed by atoms with E-state index in [9.17, 15) is 4.79 Å². The summed E-state index contributed by atoms with van der Waals surface area (Å²) < 4.78 is 0. The molecule has 28 heavy (non-hydrogen) atoms. The maximum absolute atomic E-state index is 11.0. The molecule has 3 aromatic rings. The average molecular weight is 389 g/mol. The van der Waals surface area contributed by atoms with Crippen molar-refractivity contribution in [1.82, 2.24) is 9.88 Å². The Labute approximate surface area is 167 Å². The fraction of sp³-hybridized carbons (Fsp3) is 0.227. The minimum Gasteiger partial charge on any atom is -0.481 e. The van der Waals surface area contributed by atoms with Gasteiger partial charge >= 0.3 is 5.97 Å². The Morgan fingerprint density at radius 3 is 2.93 bits per heavy atom. The lowest BCUT2D eigenvalue weighted by atomic mass is 9.95. The SMILES string of the molecule is O=C(O)Cc1cc2c(N=C3SC[C@@H]4Cc5ccccc5CN34)cccc2cn1. The number of carboxylic acid groups (broad SMARTS) is 1. The van der Waals surface area contributed by atoms with E-state index < -0.39 is 5.97 Å². The maximum Gasteiger partial charge on any atom is 0.309 e. The summed E-state index contributed by atoms with van der Waals surface area (Å²) in [5.41, 5.74) is 4.24. The molecule has 0 spiro atoms. The van der Waals surface area contributed by atoms with Crippen molar-refractivity contribution in [2.75, 3.05) is 5.75 Å². The van der Waals surface area contributed by atoms with Gasteiger partial charge in [0.2, 0.25) is 0 Å². The molecule has 6 heteroatoms. The number of thioether (sulfide) groups is 1. The number of nitrogens with zero attached hydrogens (tertiary/aromatic N) is 3. The molecule has 1 saturated heterocycles. The van der Waals surface area contributed by atoms with Gasteiger partial charge in [0, 0.05) is 35.3 Å². The van der Waals surface area contributed by atoms with Gasteiger partial charge in [-0.2, -0.15) is 0 Å². The molecule has 0 bridgehead atoms. The van der Waals surface area contributed by atoms with Gasteiger partial charge in [-0.1, -0.05) is 48.2 Å². The Kier molecular flexibility index (Phi) is 4.28. The molecule has 3 heterocycles. The van der Waals surface area contributed by atoms with Crippen LogP contribution in [0.3, 0.4) is 0 Å². The second-order valence-electron chi connectivity index (χ2n) is 7.20. The van der Waals surface area contributed by atoms with E-state index in [4.69, 9.17) is 10.1 Å². The molecule has 1 N–H and O–H groups in total. The van der Waals surface area contributed by atoms with Gasteiger partial charge in [0.25, 0.3) is 0 Å². The van der Waals surface area contributed by atoms with Crippen LogP contribution in [0.5, 0.6) is 0 Å². The van der Waals surface area contributed by atoms with Gasteiger partial charge in [-0.3, -0.25) is 9.78 Å². The van der Waals surface area contributed by atoms with Gasteiger partial charge in [-0.05, 0) is 29.7 Å². The van der Waals surface area contributed by atoms with Gasteiger partial charge in [0.05, 0.1) is 17.8 Å². The van der Waals surface area contributed by atoms with Crippen LogP contribution < -0.4 is 0 Å². The number of aliphatic carboxylic acids is 1. The first kappa shape index (κ1) is 17.3. The number of amidine groups is 1. The lowest BCUT2D eigenvalue weighted by Gasteiger charge is -2.32. The number of pyridine rings is 1. The molecule has 1 atom stereocenters. The zero-order chi connectivity index (χ0) is 19.1. The minimum absolute atomic E-state index is 0.0828. The third-order valence-electron chi connectivity index (χ3n) is 5.35. The normalized spacial score (nSPS) is 19.6. The van der Waals surface area contributed by atoms with Crippen LogP contribution in [0.1, 0.15) is 16.8 Å². The summed E-state index contributed by atoms with van der Waals surface area (Å²) in [5, 5.41) is 12.0. The topological polar surface area (TPSA) is 65.8 Å². The molecule has 0 radical (unpaired) electrons. The van der Waals surface area contributed by atoms with Crippen molar-refractivity contribution in [3.05, 3.63) is 71.5 Å². The summed E-state index contributed by atoms with van der Waals surface area (Å²) in [6, 6.07) is 16.9. The molecule has 2 aliphatic heterocycles. The molecule has 1 fully saturated rings. The highest BCUT2D eigenvalue weighted by atomic mass is 32.2. The monoisotopic (exact) mass is 389 g/mol. The zero-order valence-electron chi connectivity index (χ0n) is 15.2. The van der Waals surface area contributed by atoms with E-state index in [0.717, 1.165) is 40.3 Å². The van der Waals surface area contributed by atoms with Crippen molar-refractivity contribution in [1.29, 1.82) is 0 Å². The molecule has 0 saturated carbocycles. The standard InChI is InChI=1S/C22H19N3O2S/c26-21(27)10-17-9-19-15(11-23-17)6-3-7-20(19)24-22-25-12-16-5-2-1-4-14(16)8-18(25)13-28-22/h1-7,9,11,18H,8,10,12-13H2,(H,26,27)/t18-/m0/s1. The largest absolute Gasteiger partial charge is 0.481 e. The van der Waals surface area contributed by atoms with Crippen molar-refractivity contribution >= 4 is 39.4 Å². The molecule has 2 aromatic carbocycles. The fourth-order valence-electron chi connectivity index (χ4n) is 3.96. The number of fused-ring (bicyclic) bond motifs is 3. The Balaban J connectivity index is 1.52. The number of carboxylic acids is 1. The van der Waals surface area contributed by atoms with Crippen LogP contribution in [0.2, 0.25) is 0 Å². The minimum atomic E-state index is -0.878. The van der Waals surface area contributed by atoms with Crippen molar-refractivity contribution in [2.45, 2.75) is 25.4 Å². The molecule has 140 valence electrons. The summed E-state index contributed by atoms with van der Waals surface area (Å²) in [6.45, 7) is 0.892. The lowest BCUT2D eigenvalue weighted by Crippen LogP contribution is -2.38. The van der Waals surface area contributed by atoms with Gasteiger partial charge in [0.1, 0.15) is 0 Å². The predicted molar refractivity (Wildman–Crippen MR) is 112 cm³/mol. The number of aliphatic imine (C=N–C) groups is 1. The van der Waals surface area contributed by atoms with Gasteiger partial charge in [0.15, 0.2) is 5.17 Å². The molecular formula is C22H19N3O2S. The molecule has 0 unspecified atom stereocenters. The Hall–Kier alpha value is -2.86. The third kappa shape index (κ3) is 3.14. The van der Waals surface area contributed by atoms with Gasteiger partial charge < -0.3 is 10.0 Å². The van der Waals surface area contributed by atoms with Crippen LogP contribution in [0, 0.1) is 0 Å². The van der Waals surface area contributed by atoms with Crippen molar-refractivity contribution in [3.8, 4) is 0 Å². The third-order valence-corrected chi connectivity index (χ3v) is 6.49.